The van der Waals surface area contributed by atoms with E-state index in [9.17, 15) is 0 Å². The SMILES string of the molecule is [2H]c1ccc2oc3ccc(-c4cc(-c5ccc6oc7ccc([2H])cc7c6c5)cc(-c5ccc6oc7ccc([2H])cc7c6c5)c4)cc3c2c1. The quantitative estimate of drug-likeness (QED) is 0.209. The number of benzene rings is 7. The van der Waals surface area contributed by atoms with Gasteiger partial charge in [-0.2, -0.15) is 0 Å². The number of rotatable bonds is 3. The van der Waals surface area contributed by atoms with Crippen molar-refractivity contribution < 1.29 is 17.4 Å². The second-order valence-electron chi connectivity index (χ2n) is 11.5. The van der Waals surface area contributed by atoms with Gasteiger partial charge < -0.3 is 13.3 Å². The Kier molecular flexibility index (Phi) is 4.43. The van der Waals surface area contributed by atoms with Crippen LogP contribution in [0, 0.1) is 0 Å². The molecule has 0 aliphatic carbocycles. The first-order valence-electron chi connectivity index (χ1n) is 16.4. The molecule has 0 saturated heterocycles. The summed E-state index contributed by atoms with van der Waals surface area (Å²) in [6, 6.07) is 43.0. The molecular formula is C42H24O3. The fraction of sp³-hybridized carbons (Fsp3) is 0. The molecule has 3 aromatic heterocycles. The third-order valence-electron chi connectivity index (χ3n) is 8.87. The molecule has 0 aliphatic heterocycles. The molecule has 0 spiro atoms. The highest BCUT2D eigenvalue weighted by Crippen LogP contribution is 2.39. The summed E-state index contributed by atoms with van der Waals surface area (Å²) in [5, 5.41) is 5.68. The number of hydrogen-bond acceptors (Lipinski definition) is 3. The zero-order chi connectivity index (χ0) is 32.1. The van der Waals surface area contributed by atoms with Gasteiger partial charge in [0, 0.05) is 32.3 Å². The van der Waals surface area contributed by atoms with Crippen LogP contribution in [0.25, 0.3) is 99.2 Å². The van der Waals surface area contributed by atoms with E-state index < -0.39 is 0 Å². The first kappa shape index (κ1) is 21.6. The summed E-state index contributed by atoms with van der Waals surface area (Å²) < 4.78 is 42.9. The Bertz CT molecular complexity index is 2610. The van der Waals surface area contributed by atoms with Crippen molar-refractivity contribution >= 4 is 65.8 Å². The van der Waals surface area contributed by atoms with Crippen molar-refractivity contribution in [2.45, 2.75) is 0 Å². The van der Waals surface area contributed by atoms with Gasteiger partial charge in [-0.25, -0.2) is 0 Å². The van der Waals surface area contributed by atoms with Crippen LogP contribution in [0.5, 0.6) is 0 Å². The maximum Gasteiger partial charge on any atom is 0.135 e. The number of hydrogen-bond donors (Lipinski definition) is 0. The molecule has 0 bridgehead atoms. The van der Waals surface area contributed by atoms with Crippen molar-refractivity contribution in [1.82, 2.24) is 0 Å². The third kappa shape index (κ3) is 3.77. The van der Waals surface area contributed by atoms with Crippen molar-refractivity contribution in [3.05, 3.63) is 146 Å². The largest absolute Gasteiger partial charge is 0.456 e. The smallest absolute Gasteiger partial charge is 0.135 e. The van der Waals surface area contributed by atoms with Crippen LogP contribution in [-0.2, 0) is 0 Å². The molecule has 3 nitrogen and oxygen atoms in total. The monoisotopic (exact) mass is 579 g/mol. The first-order valence-corrected chi connectivity index (χ1v) is 14.9. The second kappa shape index (κ2) is 9.22. The van der Waals surface area contributed by atoms with Crippen LogP contribution in [0.15, 0.2) is 159 Å². The molecule has 0 radical (unpaired) electrons. The van der Waals surface area contributed by atoms with Crippen molar-refractivity contribution in [3.8, 4) is 33.4 Å². The molecule has 10 aromatic rings. The van der Waals surface area contributed by atoms with Crippen LogP contribution in [0.1, 0.15) is 4.11 Å². The fourth-order valence-corrected chi connectivity index (χ4v) is 6.66. The van der Waals surface area contributed by atoms with E-state index in [0.29, 0.717) is 18.1 Å². The highest BCUT2D eigenvalue weighted by molar-refractivity contribution is 6.09. The van der Waals surface area contributed by atoms with E-state index in [1.165, 1.54) is 0 Å². The maximum atomic E-state index is 8.20. The molecule has 0 amide bonds. The van der Waals surface area contributed by atoms with Crippen LogP contribution in [0.4, 0.5) is 0 Å². The lowest BCUT2D eigenvalue weighted by Gasteiger charge is -2.12. The second-order valence-corrected chi connectivity index (χ2v) is 11.5. The van der Waals surface area contributed by atoms with E-state index in [4.69, 9.17) is 17.4 Å². The zero-order valence-electron chi connectivity index (χ0n) is 26.8. The summed E-state index contributed by atoms with van der Waals surface area (Å²) in [7, 11) is 0. The summed E-state index contributed by atoms with van der Waals surface area (Å²) >= 11 is 0. The van der Waals surface area contributed by atoms with Gasteiger partial charge in [0.1, 0.15) is 33.5 Å². The Morgan fingerprint density at radius 1 is 0.289 bits per heavy atom. The topological polar surface area (TPSA) is 39.4 Å². The van der Waals surface area contributed by atoms with E-state index in [1.54, 1.807) is 18.2 Å². The molecule has 0 unspecified atom stereocenters. The van der Waals surface area contributed by atoms with E-state index in [2.05, 4.69) is 54.6 Å². The molecule has 3 heterocycles. The summed E-state index contributed by atoms with van der Waals surface area (Å²) in [4.78, 5) is 0. The lowest BCUT2D eigenvalue weighted by molar-refractivity contribution is 0.668. The van der Waals surface area contributed by atoms with Gasteiger partial charge in [-0.1, -0.05) is 72.7 Å². The van der Waals surface area contributed by atoms with Crippen LogP contribution in [0.2, 0.25) is 0 Å². The van der Waals surface area contributed by atoms with Crippen LogP contribution >= 0.6 is 0 Å². The molecule has 0 saturated carbocycles. The van der Waals surface area contributed by atoms with Crippen molar-refractivity contribution in [2.75, 3.05) is 0 Å². The van der Waals surface area contributed by atoms with Gasteiger partial charge in [0.25, 0.3) is 0 Å². The Balaban J connectivity index is 1.21. The van der Waals surface area contributed by atoms with Crippen LogP contribution in [0.3, 0.4) is 0 Å². The maximum absolute atomic E-state index is 8.20. The third-order valence-corrected chi connectivity index (χ3v) is 8.87. The van der Waals surface area contributed by atoms with Crippen molar-refractivity contribution in [2.24, 2.45) is 0 Å². The van der Waals surface area contributed by atoms with Gasteiger partial charge in [0.05, 0.1) is 4.11 Å². The molecule has 7 aromatic carbocycles. The molecule has 3 heteroatoms. The van der Waals surface area contributed by atoms with Gasteiger partial charge in [-0.15, -0.1) is 0 Å². The Morgan fingerprint density at radius 2 is 0.600 bits per heavy atom. The highest BCUT2D eigenvalue weighted by atomic mass is 16.3. The minimum atomic E-state index is 0.444. The molecule has 210 valence electrons. The summed E-state index contributed by atoms with van der Waals surface area (Å²) in [5.74, 6) is 0. The highest BCUT2D eigenvalue weighted by Gasteiger charge is 2.14. The van der Waals surface area contributed by atoms with Crippen molar-refractivity contribution in [1.29, 1.82) is 0 Å². The zero-order valence-corrected chi connectivity index (χ0v) is 23.8. The molecule has 45 heavy (non-hydrogen) atoms. The Hall–Kier alpha value is -6.06. The minimum absolute atomic E-state index is 0.444. The van der Waals surface area contributed by atoms with E-state index in [1.807, 2.05) is 54.6 Å². The van der Waals surface area contributed by atoms with E-state index in [0.717, 1.165) is 99.2 Å². The van der Waals surface area contributed by atoms with Gasteiger partial charge in [-0.05, 0) is 106 Å². The number of furan rings is 3. The Labute approximate surface area is 261 Å². The van der Waals surface area contributed by atoms with E-state index in [-0.39, 0.29) is 0 Å². The van der Waals surface area contributed by atoms with Gasteiger partial charge >= 0.3 is 0 Å². The first-order chi connectivity index (χ1) is 23.4. The van der Waals surface area contributed by atoms with Crippen LogP contribution in [-0.4, -0.2) is 0 Å². The summed E-state index contributed by atoms with van der Waals surface area (Å²) in [6.45, 7) is 0. The summed E-state index contributed by atoms with van der Waals surface area (Å²) in [6.07, 6.45) is 0. The van der Waals surface area contributed by atoms with Gasteiger partial charge in [-0.3, -0.25) is 0 Å². The average Bonchev–Trinajstić information content (AvgIpc) is 3.77. The number of fused-ring (bicyclic) bond motifs is 9. The lowest BCUT2D eigenvalue weighted by Crippen LogP contribution is -1.87. The normalized spacial score (nSPS) is 12.9. The minimum Gasteiger partial charge on any atom is -0.456 e. The molecular weight excluding hydrogens is 552 g/mol. The molecule has 0 N–H and O–H groups in total. The molecule has 10 rings (SSSR count). The lowest BCUT2D eigenvalue weighted by atomic mass is 9.92. The van der Waals surface area contributed by atoms with Crippen LogP contribution < -0.4 is 0 Å². The fourth-order valence-electron chi connectivity index (χ4n) is 6.66. The van der Waals surface area contributed by atoms with E-state index >= 15 is 0 Å². The molecule has 0 aliphatic rings. The van der Waals surface area contributed by atoms with Crippen molar-refractivity contribution in [3.63, 3.8) is 0 Å². The van der Waals surface area contributed by atoms with Gasteiger partial charge in [0.2, 0.25) is 0 Å². The Morgan fingerprint density at radius 3 is 0.933 bits per heavy atom. The average molecular weight is 580 g/mol. The van der Waals surface area contributed by atoms with Gasteiger partial charge in [0.15, 0.2) is 0 Å². The number of para-hydroxylation sites is 3. The standard InChI is InChI=1S/C42H24O3/c1-4-10-37-31(7-1)34-22-25(13-16-40(34)43-37)28-19-29(26-14-17-41-35(23-26)32-8-2-5-11-38(32)44-41)21-30(20-28)27-15-18-42-36(24-27)33-9-3-6-12-39(33)45-42/h1-24H/i1D,2D,3D. The predicted molar refractivity (Wildman–Crippen MR) is 185 cm³/mol. The summed E-state index contributed by atoms with van der Waals surface area (Å²) in [5.41, 5.74) is 10.9. The predicted octanol–water partition coefficient (Wildman–Crippen LogP) is 12.4. The molecule has 0 fully saturated rings. The molecule has 0 atom stereocenters.